The van der Waals surface area contributed by atoms with Gasteiger partial charge in [0, 0.05) is 18.7 Å². The second kappa shape index (κ2) is 18.1. The van der Waals surface area contributed by atoms with E-state index in [0.717, 1.165) is 17.6 Å². The molecule has 0 unspecified atom stereocenters. The molecule has 2 rings (SSSR count). The molecule has 0 radical (unpaired) electrons. The monoisotopic (exact) mass is 528 g/mol. The summed E-state index contributed by atoms with van der Waals surface area (Å²) in [6, 6.07) is 0. The second-order valence-corrected chi connectivity index (χ2v) is 8.71. The molecule has 0 bridgehead atoms. The molecule has 0 saturated carbocycles. The molecule has 2 aliphatic heterocycles. The predicted molar refractivity (Wildman–Crippen MR) is 131 cm³/mol. The number of imide groups is 1. The number of nitrogens with zero attached hydrogens (tertiary/aromatic N) is 2. The quantitative estimate of drug-likeness (QED) is 0.107. The van der Waals surface area contributed by atoms with Gasteiger partial charge >= 0.3 is 0 Å². The number of hydrogen-bond acceptors (Lipinski definition) is 10. The van der Waals surface area contributed by atoms with Crippen molar-refractivity contribution in [2.24, 2.45) is 0 Å². The summed E-state index contributed by atoms with van der Waals surface area (Å²) in [7, 11) is 0. The van der Waals surface area contributed by atoms with Gasteiger partial charge in [0.25, 0.3) is 11.8 Å². The lowest BCUT2D eigenvalue weighted by Gasteiger charge is -2.30. The normalized spacial score (nSPS) is 19.4. The third kappa shape index (κ3) is 11.8. The van der Waals surface area contributed by atoms with E-state index in [2.05, 4.69) is 0 Å². The Labute approximate surface area is 218 Å². The molecule has 1 atom stereocenters. The molecule has 2 heterocycles. The lowest BCUT2D eigenvalue weighted by Crippen LogP contribution is -2.46. The Morgan fingerprint density at radius 3 is 1.68 bits per heavy atom. The highest BCUT2D eigenvalue weighted by atomic mass is 16.6. The molecule has 12 nitrogen and oxygen atoms in total. The fourth-order valence-corrected chi connectivity index (χ4v) is 3.82. The van der Waals surface area contributed by atoms with Gasteiger partial charge in [0.05, 0.1) is 97.8 Å². The van der Waals surface area contributed by atoms with Gasteiger partial charge in [-0.2, -0.15) is 0 Å². The second-order valence-electron chi connectivity index (χ2n) is 8.71. The molecule has 0 aromatic heterocycles. The molecule has 0 aromatic carbocycles. The number of likely N-dealkylation sites (tertiary alicyclic amines) is 1. The van der Waals surface area contributed by atoms with Crippen LogP contribution in [0, 0.1) is 0 Å². The van der Waals surface area contributed by atoms with E-state index in [0.29, 0.717) is 85.6 Å². The van der Waals surface area contributed by atoms with E-state index in [9.17, 15) is 19.2 Å². The molecule has 12 heteroatoms. The van der Waals surface area contributed by atoms with Crippen LogP contribution in [0.5, 0.6) is 0 Å². The first-order valence-corrected chi connectivity index (χ1v) is 12.7. The molecule has 0 N–H and O–H groups in total. The Morgan fingerprint density at radius 2 is 1.22 bits per heavy atom. The fourth-order valence-electron chi connectivity index (χ4n) is 3.82. The van der Waals surface area contributed by atoms with Gasteiger partial charge in [-0.25, -0.2) is 0 Å². The molecular formula is C25H40N2O10. The fraction of sp³-hybridized carbons (Fsp3) is 0.760. The van der Waals surface area contributed by atoms with Crippen LogP contribution in [0.2, 0.25) is 0 Å². The third-order valence-electron chi connectivity index (χ3n) is 5.92. The highest BCUT2D eigenvalue weighted by molar-refractivity contribution is 6.12. The van der Waals surface area contributed by atoms with Gasteiger partial charge in [-0.15, -0.1) is 0 Å². The maximum atomic E-state index is 12.3. The number of carbonyl (C=O) groups excluding carboxylic acids is 4. The predicted octanol–water partition coefficient (Wildman–Crippen LogP) is -0.0189. The summed E-state index contributed by atoms with van der Waals surface area (Å²) in [6.45, 7) is 7.46. The Hall–Kier alpha value is -2.22. The van der Waals surface area contributed by atoms with Crippen LogP contribution in [-0.2, 0) is 47.6 Å². The van der Waals surface area contributed by atoms with Crippen LogP contribution in [-0.4, -0.2) is 132 Å². The molecular weight excluding hydrogens is 488 g/mol. The number of rotatable bonds is 22. The van der Waals surface area contributed by atoms with Crippen molar-refractivity contribution in [2.75, 3.05) is 92.4 Å². The van der Waals surface area contributed by atoms with Crippen LogP contribution < -0.4 is 0 Å². The smallest absolute Gasteiger partial charge is 0.253 e. The van der Waals surface area contributed by atoms with E-state index in [1.807, 2.05) is 0 Å². The zero-order valence-electron chi connectivity index (χ0n) is 21.7. The van der Waals surface area contributed by atoms with E-state index in [-0.39, 0.29) is 37.3 Å². The van der Waals surface area contributed by atoms with Crippen LogP contribution in [0.3, 0.4) is 0 Å². The van der Waals surface area contributed by atoms with Crippen molar-refractivity contribution in [1.29, 1.82) is 0 Å². The standard InChI is InChI=1S/C25H40N2O10/c1-25(21-28)6-2-7-27(25)24(31)5-9-32-11-13-34-15-17-36-19-20-37-18-16-35-14-12-33-10-8-26-22(29)3-4-23(26)30/h3-4,21H,2,5-20H2,1H3/t25-/m0/s1. The van der Waals surface area contributed by atoms with Crippen LogP contribution >= 0.6 is 0 Å². The molecule has 1 fully saturated rings. The summed E-state index contributed by atoms with van der Waals surface area (Å²) in [5, 5.41) is 0. The molecule has 3 amide bonds. The summed E-state index contributed by atoms with van der Waals surface area (Å²) in [5.74, 6) is -0.675. The van der Waals surface area contributed by atoms with Crippen molar-refractivity contribution < 1.29 is 47.6 Å². The Balaban J connectivity index is 1.25. The lowest BCUT2D eigenvalue weighted by molar-refractivity contribution is -0.139. The van der Waals surface area contributed by atoms with Crippen molar-refractivity contribution in [3.05, 3.63) is 12.2 Å². The summed E-state index contributed by atoms with van der Waals surface area (Å²) in [4.78, 5) is 49.0. The first-order valence-electron chi connectivity index (χ1n) is 12.7. The van der Waals surface area contributed by atoms with Crippen molar-refractivity contribution >= 4 is 24.0 Å². The summed E-state index contributed by atoms with van der Waals surface area (Å²) < 4.78 is 32.4. The van der Waals surface area contributed by atoms with Crippen molar-refractivity contribution in [1.82, 2.24) is 9.80 Å². The first kappa shape index (κ1) is 31.0. The minimum atomic E-state index is -0.671. The zero-order valence-corrected chi connectivity index (χ0v) is 21.7. The third-order valence-corrected chi connectivity index (χ3v) is 5.92. The minimum Gasteiger partial charge on any atom is -0.379 e. The van der Waals surface area contributed by atoms with E-state index >= 15 is 0 Å². The SMILES string of the molecule is C[C@@]1(C=O)CCCN1C(=O)CCOCCOCCOCCOCCOCCOCCN1C(=O)C=CC1=O. The molecule has 2 aliphatic rings. The minimum absolute atomic E-state index is 0.0510. The number of carbonyl (C=O) groups is 4. The van der Waals surface area contributed by atoms with Crippen LogP contribution in [0.15, 0.2) is 12.2 Å². The van der Waals surface area contributed by atoms with Crippen LogP contribution in [0.1, 0.15) is 26.2 Å². The molecule has 210 valence electrons. The van der Waals surface area contributed by atoms with Gasteiger partial charge in [-0.1, -0.05) is 0 Å². The average molecular weight is 529 g/mol. The molecule has 0 aliphatic carbocycles. The maximum Gasteiger partial charge on any atom is 0.253 e. The topological polar surface area (TPSA) is 130 Å². The largest absolute Gasteiger partial charge is 0.379 e. The van der Waals surface area contributed by atoms with Crippen LogP contribution in [0.25, 0.3) is 0 Å². The summed E-state index contributed by atoms with van der Waals surface area (Å²) in [5.41, 5.74) is -0.671. The number of ether oxygens (including phenoxy) is 6. The van der Waals surface area contributed by atoms with Crippen LogP contribution in [0.4, 0.5) is 0 Å². The van der Waals surface area contributed by atoms with Gasteiger partial charge in [0.2, 0.25) is 5.91 Å². The van der Waals surface area contributed by atoms with Gasteiger partial charge in [-0.3, -0.25) is 19.3 Å². The molecule has 0 spiro atoms. The Kier molecular flexibility index (Phi) is 15.2. The maximum absolute atomic E-state index is 12.3. The van der Waals surface area contributed by atoms with Gasteiger partial charge < -0.3 is 38.1 Å². The number of amides is 3. The average Bonchev–Trinajstić information content (AvgIpc) is 3.44. The summed E-state index contributed by atoms with van der Waals surface area (Å²) >= 11 is 0. The lowest BCUT2D eigenvalue weighted by atomic mass is 10.0. The molecule has 37 heavy (non-hydrogen) atoms. The number of aldehydes is 1. The summed E-state index contributed by atoms with van der Waals surface area (Å²) in [6.07, 6.45) is 5.18. The van der Waals surface area contributed by atoms with Crippen molar-refractivity contribution in [3.8, 4) is 0 Å². The zero-order chi connectivity index (χ0) is 26.8. The Bertz CT molecular complexity index is 729. The molecule has 1 saturated heterocycles. The Morgan fingerprint density at radius 1 is 0.784 bits per heavy atom. The van der Waals surface area contributed by atoms with E-state index in [4.69, 9.17) is 28.4 Å². The van der Waals surface area contributed by atoms with Gasteiger partial charge in [0.15, 0.2) is 0 Å². The number of hydrogen-bond donors (Lipinski definition) is 0. The van der Waals surface area contributed by atoms with E-state index < -0.39 is 5.54 Å². The van der Waals surface area contributed by atoms with E-state index in [1.54, 1.807) is 11.8 Å². The van der Waals surface area contributed by atoms with Crippen molar-refractivity contribution in [2.45, 2.75) is 31.7 Å². The van der Waals surface area contributed by atoms with E-state index in [1.165, 1.54) is 12.2 Å². The van der Waals surface area contributed by atoms with Gasteiger partial charge in [-0.05, 0) is 19.8 Å². The first-order chi connectivity index (χ1) is 18.0. The highest BCUT2D eigenvalue weighted by Gasteiger charge is 2.38. The molecule has 0 aromatic rings. The van der Waals surface area contributed by atoms with Crippen molar-refractivity contribution in [3.63, 3.8) is 0 Å². The highest BCUT2D eigenvalue weighted by Crippen LogP contribution is 2.27. The van der Waals surface area contributed by atoms with Gasteiger partial charge in [0.1, 0.15) is 6.29 Å².